The van der Waals surface area contributed by atoms with E-state index in [4.69, 9.17) is 0 Å². The van der Waals surface area contributed by atoms with Crippen LogP contribution in [-0.4, -0.2) is 57.9 Å². The average Bonchev–Trinajstić information content (AvgIpc) is 2.87. The van der Waals surface area contributed by atoms with Gasteiger partial charge in [0.05, 0.1) is 29.2 Å². The van der Waals surface area contributed by atoms with Crippen molar-refractivity contribution >= 4 is 39.1 Å². The minimum absolute atomic E-state index is 0.185. The molecule has 3 aromatic carbocycles. The molecule has 39 heavy (non-hydrogen) atoms. The molecule has 3 rings (SSSR count). The van der Waals surface area contributed by atoms with Crippen LogP contribution in [0.4, 0.5) is 10.1 Å². The van der Waals surface area contributed by atoms with Crippen molar-refractivity contribution < 1.29 is 24.2 Å². The van der Waals surface area contributed by atoms with Crippen LogP contribution in [0.25, 0.3) is 0 Å². The predicted octanol–water partition coefficient (Wildman–Crippen LogP) is 4.56. The monoisotopic (exact) mass is 598 g/mol. The average molecular weight is 600 g/mol. The van der Waals surface area contributed by atoms with Crippen molar-refractivity contribution in [3.63, 3.8) is 0 Å². The second-order valence-electron chi connectivity index (χ2n) is 9.39. The second-order valence-corrected chi connectivity index (χ2v) is 10.3. The van der Waals surface area contributed by atoms with Gasteiger partial charge < -0.3 is 15.5 Å². The molecule has 3 aromatic rings. The van der Waals surface area contributed by atoms with Crippen LogP contribution in [0, 0.1) is 5.82 Å². The van der Waals surface area contributed by atoms with Gasteiger partial charge in [0.15, 0.2) is 0 Å². The van der Waals surface area contributed by atoms with Crippen LogP contribution in [-0.2, 0) is 6.54 Å². The van der Waals surface area contributed by atoms with Gasteiger partial charge in [0.1, 0.15) is 5.82 Å². The first kappa shape index (κ1) is 30.1. The van der Waals surface area contributed by atoms with Gasteiger partial charge in [0.2, 0.25) is 0 Å². The number of benzene rings is 3. The van der Waals surface area contributed by atoms with E-state index in [1.807, 2.05) is 11.0 Å². The lowest BCUT2D eigenvalue weighted by molar-refractivity contribution is 0.0793. The maximum absolute atomic E-state index is 13.5. The standard InChI is InChI=1S/C29H32BrFN4O4/c1-18(36)15-35(16-19(2)37)17-21-6-4-8-23(12-21)28(38)32-27-11-10-24(30)14-26(27)29(39)34-33-20(3)22-7-5-9-25(31)13-22/h4-14,18-19,36-37H,15-17H2,1-3H3,(H,32,38)(H,34,39). The first-order valence-electron chi connectivity index (χ1n) is 12.4. The van der Waals surface area contributed by atoms with Gasteiger partial charge >= 0.3 is 0 Å². The molecule has 2 unspecified atom stereocenters. The normalized spacial score (nSPS) is 13.2. The fourth-order valence-corrected chi connectivity index (χ4v) is 4.36. The van der Waals surface area contributed by atoms with E-state index in [9.17, 15) is 24.2 Å². The second kappa shape index (κ2) is 14.1. The van der Waals surface area contributed by atoms with E-state index in [0.717, 1.165) is 5.56 Å². The molecule has 2 atom stereocenters. The molecule has 0 aliphatic carbocycles. The number of nitrogens with one attached hydrogen (secondary N) is 2. The zero-order valence-corrected chi connectivity index (χ0v) is 23.6. The van der Waals surface area contributed by atoms with E-state index in [1.54, 1.807) is 69.3 Å². The first-order valence-corrected chi connectivity index (χ1v) is 13.2. The third kappa shape index (κ3) is 9.36. The number of aliphatic hydroxyl groups is 2. The highest BCUT2D eigenvalue weighted by molar-refractivity contribution is 9.10. The summed E-state index contributed by atoms with van der Waals surface area (Å²) in [5.41, 5.74) is 5.10. The largest absolute Gasteiger partial charge is 0.392 e. The van der Waals surface area contributed by atoms with E-state index < -0.39 is 29.8 Å². The van der Waals surface area contributed by atoms with E-state index in [0.29, 0.717) is 40.9 Å². The van der Waals surface area contributed by atoms with Crippen molar-refractivity contribution in [2.24, 2.45) is 5.10 Å². The summed E-state index contributed by atoms with van der Waals surface area (Å²) in [4.78, 5) is 28.0. The Kier molecular flexibility index (Phi) is 10.9. The number of hydrogen-bond donors (Lipinski definition) is 4. The fraction of sp³-hybridized carbons (Fsp3) is 0.276. The minimum atomic E-state index is -0.570. The lowest BCUT2D eigenvalue weighted by Crippen LogP contribution is -2.35. The molecule has 10 heteroatoms. The Labute approximate surface area is 235 Å². The summed E-state index contributed by atoms with van der Waals surface area (Å²) in [6.45, 7) is 6.19. The van der Waals surface area contributed by atoms with Gasteiger partial charge in [-0.2, -0.15) is 5.10 Å². The highest BCUT2D eigenvalue weighted by atomic mass is 79.9. The maximum Gasteiger partial charge on any atom is 0.273 e. The summed E-state index contributed by atoms with van der Waals surface area (Å²) < 4.78 is 14.2. The van der Waals surface area contributed by atoms with Crippen molar-refractivity contribution in [3.8, 4) is 0 Å². The number of carbonyl (C=O) groups is 2. The van der Waals surface area contributed by atoms with Gasteiger partial charge in [-0.3, -0.25) is 14.5 Å². The molecule has 0 bridgehead atoms. The van der Waals surface area contributed by atoms with Crippen molar-refractivity contribution in [1.82, 2.24) is 10.3 Å². The molecule has 206 valence electrons. The summed E-state index contributed by atoms with van der Waals surface area (Å²) in [6.07, 6.45) is -1.14. The minimum Gasteiger partial charge on any atom is -0.392 e. The zero-order chi connectivity index (χ0) is 28.5. The lowest BCUT2D eigenvalue weighted by Gasteiger charge is -2.25. The maximum atomic E-state index is 13.5. The number of halogens is 2. The van der Waals surface area contributed by atoms with E-state index in [1.165, 1.54) is 12.1 Å². The molecule has 0 fully saturated rings. The molecule has 0 aliphatic rings. The zero-order valence-electron chi connectivity index (χ0n) is 22.0. The SMILES string of the molecule is CC(=NNC(=O)c1cc(Br)ccc1NC(=O)c1cccc(CN(CC(C)O)CC(C)O)c1)c1cccc(F)c1. The lowest BCUT2D eigenvalue weighted by atomic mass is 10.1. The van der Waals surface area contributed by atoms with Crippen molar-refractivity contribution in [2.75, 3.05) is 18.4 Å². The van der Waals surface area contributed by atoms with Gasteiger partial charge in [-0.25, -0.2) is 9.82 Å². The Hall–Kier alpha value is -3.44. The number of hydrazone groups is 1. The fourth-order valence-electron chi connectivity index (χ4n) is 4.00. The number of aliphatic hydroxyl groups excluding tert-OH is 2. The van der Waals surface area contributed by atoms with Crippen molar-refractivity contribution in [1.29, 1.82) is 0 Å². The molecule has 0 radical (unpaired) electrons. The number of rotatable bonds is 11. The third-order valence-corrected chi connectivity index (χ3v) is 6.18. The summed E-state index contributed by atoms with van der Waals surface area (Å²) >= 11 is 3.36. The van der Waals surface area contributed by atoms with Crippen LogP contribution in [0.2, 0.25) is 0 Å². The van der Waals surface area contributed by atoms with Gasteiger partial charge in [0, 0.05) is 35.2 Å². The van der Waals surface area contributed by atoms with Crippen LogP contribution >= 0.6 is 15.9 Å². The Morgan fingerprint density at radius 3 is 2.28 bits per heavy atom. The van der Waals surface area contributed by atoms with Gasteiger partial charge in [-0.05, 0) is 68.8 Å². The molecular weight excluding hydrogens is 567 g/mol. The molecule has 4 N–H and O–H groups in total. The van der Waals surface area contributed by atoms with Gasteiger partial charge in [0.25, 0.3) is 11.8 Å². The topological polar surface area (TPSA) is 114 Å². The smallest absolute Gasteiger partial charge is 0.273 e. The predicted molar refractivity (Wildman–Crippen MR) is 153 cm³/mol. The Morgan fingerprint density at radius 1 is 0.949 bits per heavy atom. The summed E-state index contributed by atoms with van der Waals surface area (Å²) in [5.74, 6) is -1.37. The highest BCUT2D eigenvalue weighted by Gasteiger charge is 2.17. The number of anilines is 1. The van der Waals surface area contributed by atoms with Crippen molar-refractivity contribution in [2.45, 2.75) is 39.5 Å². The number of amides is 2. The summed E-state index contributed by atoms with van der Waals surface area (Å²) in [6, 6.07) is 17.8. The Morgan fingerprint density at radius 2 is 1.62 bits per heavy atom. The third-order valence-electron chi connectivity index (χ3n) is 5.68. The van der Waals surface area contributed by atoms with Crippen LogP contribution in [0.3, 0.4) is 0 Å². The molecule has 0 saturated heterocycles. The van der Waals surface area contributed by atoms with Crippen LogP contribution in [0.5, 0.6) is 0 Å². The van der Waals surface area contributed by atoms with Crippen LogP contribution in [0.1, 0.15) is 52.6 Å². The summed E-state index contributed by atoms with van der Waals surface area (Å²) in [5, 5.41) is 26.5. The van der Waals surface area contributed by atoms with E-state index in [-0.39, 0.29) is 11.3 Å². The molecule has 0 saturated carbocycles. The molecule has 0 aromatic heterocycles. The molecular formula is C29H32BrFN4O4. The molecule has 0 spiro atoms. The molecule has 0 aliphatic heterocycles. The van der Waals surface area contributed by atoms with E-state index >= 15 is 0 Å². The molecule has 2 amide bonds. The van der Waals surface area contributed by atoms with Crippen LogP contribution in [0.15, 0.2) is 76.3 Å². The van der Waals surface area contributed by atoms with Crippen LogP contribution < -0.4 is 10.7 Å². The van der Waals surface area contributed by atoms with Crippen molar-refractivity contribution in [3.05, 3.63) is 99.3 Å². The molecule has 0 heterocycles. The van der Waals surface area contributed by atoms with Gasteiger partial charge in [-0.15, -0.1) is 0 Å². The van der Waals surface area contributed by atoms with Gasteiger partial charge in [-0.1, -0.05) is 40.2 Å². The highest BCUT2D eigenvalue weighted by Crippen LogP contribution is 2.22. The number of carbonyl (C=O) groups excluding carboxylic acids is 2. The number of nitrogens with zero attached hydrogens (tertiary/aromatic N) is 2. The number of hydrogen-bond acceptors (Lipinski definition) is 6. The first-order chi connectivity index (χ1) is 18.5. The summed E-state index contributed by atoms with van der Waals surface area (Å²) in [7, 11) is 0. The Bertz CT molecular complexity index is 1340. The van der Waals surface area contributed by atoms with E-state index in [2.05, 4.69) is 31.8 Å². The quantitative estimate of drug-likeness (QED) is 0.191. The Balaban J connectivity index is 1.76. The molecule has 8 nitrogen and oxygen atoms in total.